The first-order valence-electron chi connectivity index (χ1n) is 6.86. The van der Waals surface area contributed by atoms with Gasteiger partial charge in [0.15, 0.2) is 0 Å². The van der Waals surface area contributed by atoms with Crippen LogP contribution in [-0.4, -0.2) is 24.7 Å². The van der Waals surface area contributed by atoms with Crippen LogP contribution >= 0.6 is 0 Å². The highest BCUT2D eigenvalue weighted by Crippen LogP contribution is 2.27. The molecule has 0 amide bonds. The van der Waals surface area contributed by atoms with Crippen LogP contribution in [0.3, 0.4) is 0 Å². The van der Waals surface area contributed by atoms with Crippen LogP contribution < -0.4 is 5.32 Å². The van der Waals surface area contributed by atoms with E-state index in [0.29, 0.717) is 18.4 Å². The molecule has 1 aliphatic rings. The molecule has 3 heteroatoms. The molecule has 0 spiro atoms. The predicted molar refractivity (Wildman–Crippen MR) is 74.4 cm³/mol. The summed E-state index contributed by atoms with van der Waals surface area (Å²) in [6.45, 7) is 11.3. The van der Waals surface area contributed by atoms with E-state index >= 15 is 0 Å². The second-order valence-corrected chi connectivity index (χ2v) is 6.51. The highest BCUT2D eigenvalue weighted by Gasteiger charge is 2.19. The fourth-order valence-corrected chi connectivity index (χ4v) is 2.60. The second-order valence-electron chi connectivity index (χ2n) is 6.51. The van der Waals surface area contributed by atoms with Crippen molar-refractivity contribution in [2.45, 2.75) is 53.1 Å². The van der Waals surface area contributed by atoms with E-state index < -0.39 is 5.60 Å². The molecule has 0 aromatic rings. The van der Waals surface area contributed by atoms with Gasteiger partial charge in [0, 0.05) is 0 Å². The number of hydrogen-bond donors (Lipinski definition) is 1. The van der Waals surface area contributed by atoms with Gasteiger partial charge in [-0.3, -0.25) is 4.79 Å². The Labute approximate surface area is 111 Å². The van der Waals surface area contributed by atoms with E-state index in [1.165, 1.54) is 12.0 Å². The van der Waals surface area contributed by atoms with Crippen LogP contribution in [0.15, 0.2) is 11.6 Å². The van der Waals surface area contributed by atoms with Gasteiger partial charge in [0.2, 0.25) is 0 Å². The van der Waals surface area contributed by atoms with Gasteiger partial charge in [-0.15, -0.1) is 0 Å². The van der Waals surface area contributed by atoms with Crippen molar-refractivity contribution >= 4 is 5.97 Å². The maximum atomic E-state index is 11.5. The fourth-order valence-electron chi connectivity index (χ4n) is 2.60. The number of carbonyl (C=O) groups is 1. The van der Waals surface area contributed by atoms with Gasteiger partial charge in [0.05, 0.1) is 6.54 Å². The first-order chi connectivity index (χ1) is 8.26. The zero-order chi connectivity index (χ0) is 13.8. The number of rotatable bonds is 4. The number of esters is 1. The van der Waals surface area contributed by atoms with Crippen LogP contribution in [0.2, 0.25) is 0 Å². The highest BCUT2D eigenvalue weighted by molar-refractivity contribution is 5.72. The van der Waals surface area contributed by atoms with E-state index in [1.54, 1.807) is 0 Å². The van der Waals surface area contributed by atoms with Crippen molar-refractivity contribution in [2.75, 3.05) is 13.1 Å². The Bertz CT molecular complexity index is 315. The minimum Gasteiger partial charge on any atom is -0.459 e. The lowest BCUT2D eigenvalue weighted by molar-refractivity contribution is -0.153. The molecule has 1 rings (SSSR count). The summed E-state index contributed by atoms with van der Waals surface area (Å²) in [7, 11) is 0. The van der Waals surface area contributed by atoms with E-state index in [0.717, 1.165) is 13.0 Å². The standard InChI is InChI=1S/C15H27NO2/c1-11-6-12(2)8-13(7-11)9-16-10-14(17)18-15(3,4)5/h6,11,13,16H,7-10H2,1-5H3. The smallest absolute Gasteiger partial charge is 0.320 e. The minimum absolute atomic E-state index is 0.168. The van der Waals surface area contributed by atoms with E-state index in [-0.39, 0.29) is 5.97 Å². The molecule has 2 unspecified atom stereocenters. The largest absolute Gasteiger partial charge is 0.459 e. The van der Waals surface area contributed by atoms with Crippen LogP contribution in [0.4, 0.5) is 0 Å². The van der Waals surface area contributed by atoms with Crippen LogP contribution in [0, 0.1) is 11.8 Å². The normalized spacial score (nSPS) is 24.6. The Morgan fingerprint density at radius 3 is 2.72 bits per heavy atom. The summed E-state index contributed by atoms with van der Waals surface area (Å²) in [6, 6.07) is 0. The summed E-state index contributed by atoms with van der Waals surface area (Å²) in [5.74, 6) is 1.14. The van der Waals surface area contributed by atoms with Crippen molar-refractivity contribution in [2.24, 2.45) is 11.8 Å². The van der Waals surface area contributed by atoms with Gasteiger partial charge in [0.25, 0.3) is 0 Å². The van der Waals surface area contributed by atoms with Crippen molar-refractivity contribution < 1.29 is 9.53 Å². The fraction of sp³-hybridized carbons (Fsp3) is 0.800. The summed E-state index contributed by atoms with van der Waals surface area (Å²) >= 11 is 0. The Kier molecular flexibility index (Phi) is 5.39. The monoisotopic (exact) mass is 253 g/mol. The number of ether oxygens (including phenoxy) is 1. The van der Waals surface area contributed by atoms with Crippen LogP contribution in [0.1, 0.15) is 47.5 Å². The van der Waals surface area contributed by atoms with Crippen molar-refractivity contribution in [3.8, 4) is 0 Å². The number of allylic oxidation sites excluding steroid dienone is 2. The molecule has 0 saturated carbocycles. The van der Waals surface area contributed by atoms with E-state index in [2.05, 4.69) is 25.2 Å². The third-order valence-corrected chi connectivity index (χ3v) is 3.01. The molecule has 0 saturated heterocycles. The van der Waals surface area contributed by atoms with Crippen LogP contribution in [-0.2, 0) is 9.53 Å². The first-order valence-corrected chi connectivity index (χ1v) is 6.86. The first kappa shape index (κ1) is 15.2. The van der Waals surface area contributed by atoms with Gasteiger partial charge < -0.3 is 10.1 Å². The molecule has 0 fully saturated rings. The minimum atomic E-state index is -0.391. The summed E-state index contributed by atoms with van der Waals surface area (Å²) in [5.41, 5.74) is 1.08. The highest BCUT2D eigenvalue weighted by atomic mass is 16.6. The van der Waals surface area contributed by atoms with Gasteiger partial charge >= 0.3 is 5.97 Å². The molecule has 1 aliphatic carbocycles. The topological polar surface area (TPSA) is 38.3 Å². The van der Waals surface area contributed by atoms with E-state index in [9.17, 15) is 4.79 Å². The van der Waals surface area contributed by atoms with Gasteiger partial charge in [-0.1, -0.05) is 18.6 Å². The molecule has 0 aliphatic heterocycles. The molecule has 1 N–H and O–H groups in total. The Balaban J connectivity index is 2.22. The van der Waals surface area contributed by atoms with Gasteiger partial charge in [-0.25, -0.2) is 0 Å². The Morgan fingerprint density at radius 1 is 1.50 bits per heavy atom. The summed E-state index contributed by atoms with van der Waals surface area (Å²) in [4.78, 5) is 11.5. The second kappa shape index (κ2) is 6.37. The summed E-state index contributed by atoms with van der Waals surface area (Å²) in [5, 5.41) is 3.22. The third-order valence-electron chi connectivity index (χ3n) is 3.01. The molecule has 3 nitrogen and oxygen atoms in total. The van der Waals surface area contributed by atoms with Crippen molar-refractivity contribution in [3.05, 3.63) is 11.6 Å². The molecule has 104 valence electrons. The summed E-state index contributed by atoms with van der Waals surface area (Å²) < 4.78 is 5.26. The van der Waals surface area contributed by atoms with Crippen LogP contribution in [0.25, 0.3) is 0 Å². The van der Waals surface area contributed by atoms with Gasteiger partial charge in [0.1, 0.15) is 5.60 Å². The molecular formula is C15H27NO2. The van der Waals surface area contributed by atoms with Crippen LogP contribution in [0.5, 0.6) is 0 Å². The number of nitrogens with one attached hydrogen (secondary N) is 1. The number of hydrogen-bond acceptors (Lipinski definition) is 3. The van der Waals surface area contributed by atoms with Crippen molar-refractivity contribution in [3.63, 3.8) is 0 Å². The Morgan fingerprint density at radius 2 is 2.17 bits per heavy atom. The van der Waals surface area contributed by atoms with Crippen molar-refractivity contribution in [1.29, 1.82) is 0 Å². The molecule has 0 heterocycles. The molecule has 0 radical (unpaired) electrons. The Hall–Kier alpha value is -0.830. The molecule has 0 bridgehead atoms. The molecule has 0 aromatic carbocycles. The lowest BCUT2D eigenvalue weighted by atomic mass is 9.84. The lowest BCUT2D eigenvalue weighted by Gasteiger charge is -2.26. The SMILES string of the molecule is CC1=CC(C)CC(CNCC(=O)OC(C)(C)C)C1. The molecular weight excluding hydrogens is 226 g/mol. The lowest BCUT2D eigenvalue weighted by Crippen LogP contribution is -2.34. The average molecular weight is 253 g/mol. The summed E-state index contributed by atoms with van der Waals surface area (Å²) in [6.07, 6.45) is 4.70. The maximum Gasteiger partial charge on any atom is 0.320 e. The molecule has 2 atom stereocenters. The predicted octanol–water partition coefficient (Wildman–Crippen LogP) is 2.91. The zero-order valence-electron chi connectivity index (χ0n) is 12.4. The molecule has 18 heavy (non-hydrogen) atoms. The van der Waals surface area contributed by atoms with E-state index in [4.69, 9.17) is 4.74 Å². The quantitative estimate of drug-likeness (QED) is 0.618. The zero-order valence-corrected chi connectivity index (χ0v) is 12.4. The number of carbonyl (C=O) groups excluding carboxylic acids is 1. The van der Waals surface area contributed by atoms with E-state index in [1.807, 2.05) is 20.8 Å². The maximum absolute atomic E-state index is 11.5. The third kappa shape index (κ3) is 6.20. The van der Waals surface area contributed by atoms with Crippen molar-refractivity contribution in [1.82, 2.24) is 5.32 Å². The van der Waals surface area contributed by atoms with Gasteiger partial charge in [-0.2, -0.15) is 0 Å². The van der Waals surface area contributed by atoms with Gasteiger partial charge in [-0.05, 0) is 58.9 Å². The molecule has 0 aromatic heterocycles. The average Bonchev–Trinajstić information content (AvgIpc) is 2.12.